The summed E-state index contributed by atoms with van der Waals surface area (Å²) in [7, 11) is 0. The van der Waals surface area contributed by atoms with Gasteiger partial charge < -0.3 is 10.7 Å². The number of urea groups is 1. The lowest BCUT2D eigenvalue weighted by atomic mass is 10.2. The molecule has 6 nitrogen and oxygen atoms in total. The van der Waals surface area contributed by atoms with Crippen LogP contribution in [0.25, 0.3) is 11.3 Å². The van der Waals surface area contributed by atoms with Crippen LogP contribution in [0.15, 0.2) is 35.6 Å². The minimum Gasteiger partial charge on any atom is -0.351 e. The van der Waals surface area contributed by atoms with E-state index in [4.69, 9.17) is 5.73 Å². The highest BCUT2D eigenvalue weighted by Gasteiger charge is 2.17. The third-order valence-electron chi connectivity index (χ3n) is 2.61. The van der Waals surface area contributed by atoms with Crippen LogP contribution in [0.3, 0.4) is 0 Å². The van der Waals surface area contributed by atoms with E-state index in [9.17, 15) is 14.0 Å². The maximum Gasteiger partial charge on any atom is 0.318 e. The predicted octanol–water partition coefficient (Wildman–Crippen LogP) is 1.89. The van der Waals surface area contributed by atoms with Crippen LogP contribution in [0, 0.1) is 5.82 Å². The fourth-order valence-electron chi connectivity index (χ4n) is 1.58. The molecule has 1 heterocycles. The zero-order valence-electron chi connectivity index (χ0n) is 11.1. The molecule has 4 N–H and O–H groups in total. The van der Waals surface area contributed by atoms with E-state index in [1.807, 2.05) is 5.32 Å². The summed E-state index contributed by atoms with van der Waals surface area (Å²) in [5.74, 6) is -0.808. The van der Waals surface area contributed by atoms with Gasteiger partial charge in [-0.1, -0.05) is 11.8 Å². The Balaban J connectivity index is 2.04. The lowest BCUT2D eigenvalue weighted by molar-refractivity contribution is -0.119. The van der Waals surface area contributed by atoms with Crippen LogP contribution >= 0.6 is 11.8 Å². The Hall–Kier alpha value is -2.35. The smallest absolute Gasteiger partial charge is 0.318 e. The van der Waals surface area contributed by atoms with Crippen molar-refractivity contribution in [1.82, 2.24) is 15.3 Å². The number of amides is 3. The molecule has 0 radical (unpaired) electrons. The van der Waals surface area contributed by atoms with Gasteiger partial charge in [-0.3, -0.25) is 10.1 Å². The van der Waals surface area contributed by atoms with Crippen LogP contribution in [0.4, 0.5) is 9.18 Å². The number of imide groups is 1. The van der Waals surface area contributed by atoms with Gasteiger partial charge in [-0.2, -0.15) is 0 Å². The number of thioether (sulfide) groups is 1. The number of primary amides is 1. The van der Waals surface area contributed by atoms with Crippen molar-refractivity contribution in [2.24, 2.45) is 5.73 Å². The normalized spacial score (nSPS) is 11.9. The number of benzene rings is 1. The maximum absolute atomic E-state index is 12.9. The maximum atomic E-state index is 12.9. The van der Waals surface area contributed by atoms with E-state index in [1.165, 1.54) is 12.1 Å². The van der Waals surface area contributed by atoms with Gasteiger partial charge >= 0.3 is 6.03 Å². The Bertz CT molecular complexity index is 656. The van der Waals surface area contributed by atoms with Crippen molar-refractivity contribution in [1.29, 1.82) is 0 Å². The number of rotatable bonds is 4. The molecule has 0 spiro atoms. The first kappa shape index (κ1) is 15.0. The Morgan fingerprint density at radius 3 is 2.67 bits per heavy atom. The summed E-state index contributed by atoms with van der Waals surface area (Å²) in [6, 6.07) is 5.07. The average Bonchev–Trinajstić information content (AvgIpc) is 2.87. The van der Waals surface area contributed by atoms with Crippen molar-refractivity contribution in [2.75, 3.05) is 0 Å². The van der Waals surface area contributed by atoms with Crippen molar-refractivity contribution in [2.45, 2.75) is 17.3 Å². The van der Waals surface area contributed by atoms with Crippen molar-refractivity contribution < 1.29 is 14.0 Å². The fraction of sp³-hybridized carbons (Fsp3) is 0.154. The first-order valence-corrected chi connectivity index (χ1v) is 6.91. The highest BCUT2D eigenvalue weighted by Crippen LogP contribution is 2.24. The molecule has 0 saturated heterocycles. The highest BCUT2D eigenvalue weighted by molar-refractivity contribution is 8.00. The Kier molecular flexibility index (Phi) is 4.59. The number of hydrogen-bond donors (Lipinski definition) is 3. The van der Waals surface area contributed by atoms with E-state index < -0.39 is 17.2 Å². The predicted molar refractivity (Wildman–Crippen MR) is 77.0 cm³/mol. The molecular formula is C13H13FN4O2S. The monoisotopic (exact) mass is 308 g/mol. The van der Waals surface area contributed by atoms with E-state index in [-0.39, 0.29) is 5.82 Å². The third-order valence-corrected chi connectivity index (χ3v) is 3.61. The van der Waals surface area contributed by atoms with E-state index >= 15 is 0 Å². The number of nitrogens with one attached hydrogen (secondary N) is 2. The molecule has 1 aromatic carbocycles. The summed E-state index contributed by atoms with van der Waals surface area (Å²) in [6.07, 6.45) is 1.59. The van der Waals surface area contributed by atoms with Crippen LogP contribution in [0.1, 0.15) is 6.92 Å². The van der Waals surface area contributed by atoms with Crippen LogP contribution in [-0.2, 0) is 4.79 Å². The molecule has 1 aromatic heterocycles. The Labute approximate surface area is 124 Å². The summed E-state index contributed by atoms with van der Waals surface area (Å²) >= 11 is 1.15. The second kappa shape index (κ2) is 6.40. The van der Waals surface area contributed by atoms with Crippen molar-refractivity contribution in [3.8, 4) is 11.3 Å². The van der Waals surface area contributed by atoms with Crippen molar-refractivity contribution in [3.63, 3.8) is 0 Å². The second-order valence-corrected chi connectivity index (χ2v) is 5.55. The Morgan fingerprint density at radius 2 is 2.05 bits per heavy atom. The zero-order chi connectivity index (χ0) is 15.4. The number of carbonyl (C=O) groups is 2. The average molecular weight is 308 g/mol. The summed E-state index contributed by atoms with van der Waals surface area (Å²) in [5.41, 5.74) is 6.37. The fourth-order valence-corrected chi connectivity index (χ4v) is 2.37. The van der Waals surface area contributed by atoms with Crippen molar-refractivity contribution in [3.05, 3.63) is 36.3 Å². The molecule has 1 atom stereocenters. The van der Waals surface area contributed by atoms with Gasteiger partial charge in [-0.15, -0.1) is 0 Å². The van der Waals surface area contributed by atoms with Crippen LogP contribution in [0.5, 0.6) is 0 Å². The number of imidazole rings is 1. The van der Waals surface area contributed by atoms with Crippen molar-refractivity contribution >= 4 is 23.7 Å². The second-order valence-electron chi connectivity index (χ2n) is 4.22. The molecule has 3 amide bonds. The first-order chi connectivity index (χ1) is 9.95. The third kappa shape index (κ3) is 4.06. The highest BCUT2D eigenvalue weighted by atomic mass is 32.2. The van der Waals surface area contributed by atoms with Gasteiger partial charge in [0.1, 0.15) is 5.82 Å². The molecule has 110 valence electrons. The summed E-state index contributed by atoms with van der Waals surface area (Å²) < 4.78 is 12.9. The van der Waals surface area contributed by atoms with Gasteiger partial charge in [0.2, 0.25) is 5.91 Å². The van der Waals surface area contributed by atoms with Gasteiger partial charge in [-0.05, 0) is 36.8 Å². The standard InChI is InChI=1S/C13H13FN4O2S/c1-7(11(19)18-12(15)20)21-13-16-6-10(17-13)8-2-4-9(14)5-3-8/h2-7H,1H3,(H,16,17)(H3,15,18,19,20)/t7-/m1/s1. The number of aromatic nitrogens is 2. The van der Waals surface area contributed by atoms with E-state index in [0.29, 0.717) is 10.9 Å². The quantitative estimate of drug-likeness (QED) is 0.751. The largest absolute Gasteiger partial charge is 0.351 e. The molecule has 0 bridgehead atoms. The molecule has 21 heavy (non-hydrogen) atoms. The summed E-state index contributed by atoms with van der Waals surface area (Å²) in [4.78, 5) is 29.3. The molecule has 0 aliphatic carbocycles. The van der Waals surface area contributed by atoms with Gasteiger partial charge in [-0.25, -0.2) is 14.2 Å². The van der Waals surface area contributed by atoms with Crippen LogP contribution in [0.2, 0.25) is 0 Å². The van der Waals surface area contributed by atoms with Crippen LogP contribution in [-0.4, -0.2) is 27.2 Å². The summed E-state index contributed by atoms with van der Waals surface area (Å²) in [6.45, 7) is 1.63. The van der Waals surface area contributed by atoms with E-state index in [2.05, 4.69) is 9.97 Å². The lowest BCUT2D eigenvalue weighted by Gasteiger charge is -2.07. The van der Waals surface area contributed by atoms with Gasteiger partial charge in [0.25, 0.3) is 0 Å². The number of hydrogen-bond acceptors (Lipinski definition) is 4. The number of H-pyrrole nitrogens is 1. The lowest BCUT2D eigenvalue weighted by Crippen LogP contribution is -2.39. The topological polar surface area (TPSA) is 101 Å². The number of nitrogens with zero attached hydrogens (tertiary/aromatic N) is 1. The Morgan fingerprint density at radius 1 is 1.38 bits per heavy atom. The first-order valence-electron chi connectivity index (χ1n) is 6.03. The molecule has 0 aliphatic heterocycles. The molecule has 2 aromatic rings. The van der Waals surface area contributed by atoms with Crippen LogP contribution < -0.4 is 11.1 Å². The van der Waals surface area contributed by atoms with Gasteiger partial charge in [0, 0.05) is 0 Å². The van der Waals surface area contributed by atoms with E-state index in [1.54, 1.807) is 25.3 Å². The number of halogens is 1. The van der Waals surface area contributed by atoms with E-state index in [0.717, 1.165) is 17.3 Å². The number of aromatic amines is 1. The minimum atomic E-state index is -0.890. The molecule has 0 unspecified atom stereocenters. The minimum absolute atomic E-state index is 0.315. The molecule has 0 saturated carbocycles. The molecular weight excluding hydrogens is 295 g/mol. The summed E-state index contributed by atoms with van der Waals surface area (Å²) in [5, 5.41) is 1.98. The van der Waals surface area contributed by atoms with Gasteiger partial charge in [0.05, 0.1) is 17.1 Å². The molecule has 2 rings (SSSR count). The number of carbonyl (C=O) groups excluding carboxylic acids is 2. The SMILES string of the molecule is C[C@@H](Sc1ncc(-c2ccc(F)cc2)[nH]1)C(=O)NC(N)=O. The zero-order valence-corrected chi connectivity index (χ0v) is 11.9. The molecule has 0 fully saturated rings. The number of nitrogens with two attached hydrogens (primary N) is 1. The molecule has 8 heteroatoms. The molecule has 0 aliphatic rings. The van der Waals surface area contributed by atoms with Gasteiger partial charge in [0.15, 0.2) is 5.16 Å².